The monoisotopic (exact) mass is 615 g/mol. The third-order valence-electron chi connectivity index (χ3n) is 7.57. The van der Waals surface area contributed by atoms with Crippen LogP contribution in [0.25, 0.3) is 0 Å². The molecule has 1 fully saturated rings. The predicted molar refractivity (Wildman–Crippen MR) is 165 cm³/mol. The second-order valence-electron chi connectivity index (χ2n) is 10.8. The highest BCUT2D eigenvalue weighted by Crippen LogP contribution is 2.37. The van der Waals surface area contributed by atoms with Crippen molar-refractivity contribution in [2.24, 2.45) is 5.92 Å². The summed E-state index contributed by atoms with van der Waals surface area (Å²) in [6.07, 6.45) is 4.07. The second-order valence-corrected chi connectivity index (χ2v) is 13.6. The summed E-state index contributed by atoms with van der Waals surface area (Å²) in [6.45, 7) is 6.61. The zero-order valence-electron chi connectivity index (χ0n) is 23.8. The van der Waals surface area contributed by atoms with Crippen molar-refractivity contribution in [1.82, 2.24) is 15.0 Å². The van der Waals surface area contributed by atoms with E-state index in [9.17, 15) is 23.4 Å². The molecule has 1 saturated heterocycles. The van der Waals surface area contributed by atoms with Crippen LogP contribution in [-0.4, -0.2) is 71.5 Å². The molecule has 0 aliphatic carbocycles. The van der Waals surface area contributed by atoms with Gasteiger partial charge >= 0.3 is 5.97 Å². The van der Waals surface area contributed by atoms with E-state index in [1.165, 1.54) is 0 Å². The number of aliphatic hydroxyl groups excluding tert-OH is 1. The highest BCUT2D eigenvalue weighted by atomic mass is 32.2. The average molecular weight is 616 g/mol. The number of benzene rings is 1. The average Bonchev–Trinajstić information content (AvgIpc) is 3.34. The first kappa shape index (κ1) is 30.0. The van der Waals surface area contributed by atoms with Gasteiger partial charge in [0.15, 0.2) is 5.13 Å². The lowest BCUT2D eigenvalue weighted by Crippen LogP contribution is -2.38. The van der Waals surface area contributed by atoms with Crippen LogP contribution in [0.4, 0.5) is 28.4 Å². The molecule has 0 spiro atoms. The molecule has 0 atom stereocenters. The Morgan fingerprint density at radius 3 is 2.45 bits per heavy atom. The van der Waals surface area contributed by atoms with Gasteiger partial charge in [-0.05, 0) is 62.6 Å². The number of aliphatic hydroxyl groups is 1. The van der Waals surface area contributed by atoms with E-state index in [0.717, 1.165) is 79.4 Å². The number of anilines is 5. The number of carboxylic acids is 1. The maximum Gasteiger partial charge on any atom is 0.347 e. The van der Waals surface area contributed by atoms with Crippen LogP contribution in [0.15, 0.2) is 24.3 Å². The van der Waals surface area contributed by atoms with Crippen molar-refractivity contribution in [2.45, 2.75) is 52.5 Å². The normalized spacial score (nSPS) is 15.9. The number of hydrogen-bond acceptors (Lipinski definition) is 11. The first-order chi connectivity index (χ1) is 20.2. The summed E-state index contributed by atoms with van der Waals surface area (Å²) in [6, 6.07) is 7.40. The summed E-state index contributed by atoms with van der Waals surface area (Å²) in [7, 11) is -3.36. The molecule has 5 rings (SSSR count). The first-order valence-electron chi connectivity index (χ1n) is 14.2. The number of rotatable bonds is 11. The van der Waals surface area contributed by atoms with Crippen LogP contribution in [0.3, 0.4) is 0 Å². The summed E-state index contributed by atoms with van der Waals surface area (Å²) in [5.74, 6) is 1.37. The van der Waals surface area contributed by atoms with E-state index >= 15 is 0 Å². The van der Waals surface area contributed by atoms with Gasteiger partial charge in [-0.2, -0.15) is 9.97 Å². The third-order valence-corrected chi connectivity index (χ3v) is 10.1. The van der Waals surface area contributed by atoms with E-state index in [2.05, 4.69) is 24.8 Å². The molecule has 0 saturated carbocycles. The van der Waals surface area contributed by atoms with Crippen LogP contribution in [-0.2, 0) is 23.0 Å². The van der Waals surface area contributed by atoms with Crippen LogP contribution < -0.4 is 19.8 Å². The minimum absolute atomic E-state index is 0.0770. The molecule has 2 aliphatic heterocycles. The molecule has 4 N–H and O–H groups in total. The van der Waals surface area contributed by atoms with Gasteiger partial charge in [0.2, 0.25) is 16.0 Å². The van der Waals surface area contributed by atoms with Gasteiger partial charge in [-0.25, -0.2) is 18.2 Å². The van der Waals surface area contributed by atoms with Crippen molar-refractivity contribution >= 4 is 55.7 Å². The molecule has 0 unspecified atom stereocenters. The van der Waals surface area contributed by atoms with E-state index in [1.54, 1.807) is 19.1 Å². The molecule has 0 bridgehead atoms. The Labute approximate surface area is 249 Å². The first-order valence-corrected chi connectivity index (χ1v) is 16.7. The van der Waals surface area contributed by atoms with Crippen molar-refractivity contribution in [3.63, 3.8) is 0 Å². The minimum Gasteiger partial charge on any atom is -0.477 e. The van der Waals surface area contributed by atoms with E-state index in [4.69, 9.17) is 9.97 Å². The number of nitrogens with zero attached hydrogens (tertiary/aromatic N) is 5. The van der Waals surface area contributed by atoms with E-state index in [0.29, 0.717) is 35.4 Å². The molecule has 1 aromatic carbocycles. The lowest BCUT2D eigenvalue weighted by molar-refractivity contribution is 0.0701. The van der Waals surface area contributed by atoms with Gasteiger partial charge in [-0.1, -0.05) is 30.4 Å². The molecule has 0 radical (unpaired) electrons. The number of carbonyl (C=O) groups is 1. The summed E-state index contributed by atoms with van der Waals surface area (Å²) >= 11 is 1.05. The number of hydrogen-bond donors (Lipinski definition) is 4. The zero-order chi connectivity index (χ0) is 29.9. The number of sulfonamides is 1. The lowest BCUT2D eigenvalue weighted by atomic mass is 9.97. The molecule has 12 nitrogen and oxygen atoms in total. The van der Waals surface area contributed by atoms with Crippen LogP contribution in [0.2, 0.25) is 0 Å². The van der Waals surface area contributed by atoms with Gasteiger partial charge in [0.25, 0.3) is 0 Å². The molecule has 226 valence electrons. The number of fused-ring (bicyclic) bond motifs is 1. The van der Waals surface area contributed by atoms with Crippen LogP contribution >= 0.6 is 11.3 Å². The summed E-state index contributed by atoms with van der Waals surface area (Å²) < 4.78 is 27.0. The molecule has 2 aliphatic rings. The van der Waals surface area contributed by atoms with Crippen LogP contribution in [0, 0.1) is 12.8 Å². The highest BCUT2D eigenvalue weighted by Gasteiger charge is 2.29. The number of carboxylic acid groups (broad SMARTS) is 1. The van der Waals surface area contributed by atoms with E-state index in [-0.39, 0.29) is 23.2 Å². The molecular weight excluding hydrogens is 578 g/mol. The SMILES string of the molecule is CCCS(=O)(=O)Nc1ccc(CN2CCCc3c(N4CCC(CO)CC4)nc(Nc4nc(C)c(C(=O)O)s4)nc32)cc1. The Bertz CT molecular complexity index is 1520. The van der Waals surface area contributed by atoms with Gasteiger partial charge in [-0.15, -0.1) is 0 Å². The van der Waals surface area contributed by atoms with Gasteiger partial charge < -0.3 is 20.0 Å². The molecule has 2 aromatic heterocycles. The predicted octanol–water partition coefficient (Wildman–Crippen LogP) is 4.00. The van der Waals surface area contributed by atoms with Gasteiger partial charge in [0.1, 0.15) is 16.5 Å². The molecular formula is C28H37N7O5S2. The van der Waals surface area contributed by atoms with E-state index in [1.807, 2.05) is 19.1 Å². The molecule has 4 heterocycles. The van der Waals surface area contributed by atoms with Gasteiger partial charge in [-0.3, -0.25) is 10.0 Å². The maximum absolute atomic E-state index is 12.2. The highest BCUT2D eigenvalue weighted by molar-refractivity contribution is 7.92. The summed E-state index contributed by atoms with van der Waals surface area (Å²) in [5, 5.41) is 22.7. The topological polar surface area (TPSA) is 161 Å². The Morgan fingerprint density at radius 1 is 1.10 bits per heavy atom. The minimum atomic E-state index is -3.36. The Hall–Kier alpha value is -3.49. The molecule has 42 heavy (non-hydrogen) atoms. The summed E-state index contributed by atoms with van der Waals surface area (Å²) in [4.78, 5) is 30.4. The Kier molecular flexibility index (Phi) is 9.13. The fourth-order valence-corrected chi connectivity index (χ4v) is 7.37. The fourth-order valence-electron chi connectivity index (χ4n) is 5.44. The Balaban J connectivity index is 1.44. The third kappa shape index (κ3) is 6.93. The summed E-state index contributed by atoms with van der Waals surface area (Å²) in [5.41, 5.74) is 3.05. The standard InChI is InChI=1S/C28H37N7O5S2/c1-3-15-42(39,40)33-21-8-6-19(7-9-21)16-35-12-4-5-22-24(34-13-10-20(17-36)11-14-34)30-27(31-25(22)35)32-28-29-18(2)23(41-28)26(37)38/h6-9,20,33,36H,3-5,10-17H2,1-2H3,(H,37,38)(H,29,30,31,32). The van der Waals surface area contributed by atoms with Crippen molar-refractivity contribution < 1.29 is 23.4 Å². The number of aromatic carboxylic acids is 1. The molecule has 0 amide bonds. The lowest BCUT2D eigenvalue weighted by Gasteiger charge is -2.37. The van der Waals surface area contributed by atoms with E-state index < -0.39 is 16.0 Å². The van der Waals surface area contributed by atoms with Gasteiger partial charge in [0.05, 0.1) is 11.4 Å². The fraction of sp³-hybridized carbons (Fsp3) is 0.500. The number of aryl methyl sites for hydroxylation is 1. The quantitative estimate of drug-likeness (QED) is 0.247. The van der Waals surface area contributed by atoms with Crippen LogP contribution in [0.5, 0.6) is 0 Å². The number of aromatic nitrogens is 3. The largest absolute Gasteiger partial charge is 0.477 e. The number of thiazole rings is 1. The molecule has 14 heteroatoms. The van der Waals surface area contributed by atoms with Crippen molar-refractivity contribution in [3.8, 4) is 0 Å². The second kappa shape index (κ2) is 12.8. The number of piperidine rings is 1. The molecule has 3 aromatic rings. The van der Waals surface area contributed by atoms with Crippen molar-refractivity contribution in [3.05, 3.63) is 46.0 Å². The smallest absolute Gasteiger partial charge is 0.347 e. The Morgan fingerprint density at radius 2 is 1.81 bits per heavy atom. The van der Waals surface area contributed by atoms with Crippen molar-refractivity contribution in [2.75, 3.05) is 51.8 Å². The zero-order valence-corrected chi connectivity index (χ0v) is 25.5. The van der Waals surface area contributed by atoms with Crippen LogP contribution in [0.1, 0.15) is 59.1 Å². The maximum atomic E-state index is 12.2. The van der Waals surface area contributed by atoms with Gasteiger partial charge in [0, 0.05) is 44.0 Å². The number of nitrogens with one attached hydrogen (secondary N) is 2. The van der Waals surface area contributed by atoms with Crippen molar-refractivity contribution in [1.29, 1.82) is 0 Å².